The van der Waals surface area contributed by atoms with E-state index in [0.717, 1.165) is 38.2 Å². The highest BCUT2D eigenvalue weighted by Crippen LogP contribution is 2.33. The third-order valence-electron chi connectivity index (χ3n) is 3.21. The molecule has 1 N–H and O–H groups in total. The number of hydrogen-bond acceptors (Lipinski definition) is 2. The van der Waals surface area contributed by atoms with E-state index in [9.17, 15) is 13.2 Å². The van der Waals surface area contributed by atoms with Crippen LogP contribution in [0.1, 0.15) is 37.8 Å². The Morgan fingerprint density at radius 2 is 2.24 bits per heavy atom. The summed E-state index contributed by atoms with van der Waals surface area (Å²) < 4.78 is 38.9. The van der Waals surface area contributed by atoms with Gasteiger partial charge in [-0.2, -0.15) is 18.3 Å². The summed E-state index contributed by atoms with van der Waals surface area (Å²) in [5.41, 5.74) is -0.667. The maximum Gasteiger partial charge on any atom is 0.419 e. The molecule has 2 unspecified atom stereocenters. The summed E-state index contributed by atoms with van der Waals surface area (Å²) >= 11 is 0. The number of nitrogens with one attached hydrogen (secondary N) is 1. The summed E-state index contributed by atoms with van der Waals surface area (Å²) in [4.78, 5) is 0. The van der Waals surface area contributed by atoms with Crippen LogP contribution in [0.2, 0.25) is 0 Å². The van der Waals surface area contributed by atoms with Crippen molar-refractivity contribution in [2.75, 3.05) is 6.54 Å². The van der Waals surface area contributed by atoms with Crippen molar-refractivity contribution >= 4 is 0 Å². The summed E-state index contributed by atoms with van der Waals surface area (Å²) in [7, 11) is 0. The van der Waals surface area contributed by atoms with Gasteiger partial charge in [-0.1, -0.05) is 6.92 Å². The van der Waals surface area contributed by atoms with Crippen molar-refractivity contribution in [3.05, 3.63) is 18.0 Å². The fraction of sp³-hybridized carbons (Fsp3) is 0.727. The summed E-state index contributed by atoms with van der Waals surface area (Å²) in [6.07, 6.45) is 0.631. The van der Waals surface area contributed by atoms with E-state index < -0.39 is 11.7 Å². The first-order chi connectivity index (χ1) is 8.02. The van der Waals surface area contributed by atoms with Gasteiger partial charge in [0.25, 0.3) is 0 Å². The molecule has 1 aromatic rings. The van der Waals surface area contributed by atoms with Gasteiger partial charge in [-0.25, -0.2) is 0 Å². The molecule has 17 heavy (non-hydrogen) atoms. The molecule has 0 saturated heterocycles. The molecule has 0 aromatic carbocycles. The molecular weight excluding hydrogens is 231 g/mol. The van der Waals surface area contributed by atoms with Crippen molar-refractivity contribution in [3.63, 3.8) is 0 Å². The molecular formula is C11H16F3N3. The SMILES string of the molecule is CCNC1CCCC1n1cc(C(F)(F)F)cn1. The van der Waals surface area contributed by atoms with Crippen molar-refractivity contribution in [1.82, 2.24) is 15.1 Å². The molecule has 0 spiro atoms. The predicted molar refractivity (Wildman–Crippen MR) is 57.6 cm³/mol. The Kier molecular flexibility index (Phi) is 3.42. The molecule has 0 bridgehead atoms. The lowest BCUT2D eigenvalue weighted by Gasteiger charge is -2.20. The number of aromatic nitrogens is 2. The Morgan fingerprint density at radius 1 is 1.47 bits per heavy atom. The van der Waals surface area contributed by atoms with Gasteiger partial charge in [0.2, 0.25) is 0 Å². The Balaban J connectivity index is 2.14. The van der Waals surface area contributed by atoms with E-state index in [1.54, 1.807) is 0 Å². The van der Waals surface area contributed by atoms with Crippen LogP contribution in [0.15, 0.2) is 12.4 Å². The van der Waals surface area contributed by atoms with Crippen LogP contribution < -0.4 is 5.32 Å². The van der Waals surface area contributed by atoms with Gasteiger partial charge in [0.1, 0.15) is 0 Å². The minimum atomic E-state index is -4.30. The normalized spacial score (nSPS) is 25.4. The Hall–Kier alpha value is -1.04. The van der Waals surface area contributed by atoms with Gasteiger partial charge in [-0.15, -0.1) is 0 Å². The second kappa shape index (κ2) is 4.68. The van der Waals surface area contributed by atoms with Crippen molar-refractivity contribution in [2.24, 2.45) is 0 Å². The van der Waals surface area contributed by atoms with Crippen LogP contribution in [0.4, 0.5) is 13.2 Å². The topological polar surface area (TPSA) is 29.9 Å². The van der Waals surface area contributed by atoms with E-state index in [2.05, 4.69) is 10.4 Å². The summed E-state index contributed by atoms with van der Waals surface area (Å²) in [5, 5.41) is 7.15. The van der Waals surface area contributed by atoms with Gasteiger partial charge < -0.3 is 5.32 Å². The number of nitrogens with zero attached hydrogens (tertiary/aromatic N) is 2. The van der Waals surface area contributed by atoms with Gasteiger partial charge in [-0.3, -0.25) is 4.68 Å². The predicted octanol–water partition coefficient (Wildman–Crippen LogP) is 2.61. The lowest BCUT2D eigenvalue weighted by atomic mass is 10.2. The molecule has 0 radical (unpaired) electrons. The highest BCUT2D eigenvalue weighted by molar-refractivity contribution is 5.09. The molecule has 1 aliphatic carbocycles. The van der Waals surface area contributed by atoms with E-state index in [-0.39, 0.29) is 12.1 Å². The summed E-state index contributed by atoms with van der Waals surface area (Å²) in [6, 6.07) is 0.284. The minimum absolute atomic E-state index is 0.0473. The highest BCUT2D eigenvalue weighted by Gasteiger charge is 2.34. The Bertz CT molecular complexity index is 372. The minimum Gasteiger partial charge on any atom is -0.312 e. The molecule has 0 amide bonds. The molecule has 96 valence electrons. The molecule has 6 heteroatoms. The van der Waals surface area contributed by atoms with E-state index in [1.165, 1.54) is 4.68 Å². The van der Waals surface area contributed by atoms with E-state index in [4.69, 9.17) is 0 Å². The Morgan fingerprint density at radius 3 is 2.82 bits per heavy atom. The maximum atomic E-state index is 12.5. The standard InChI is InChI=1S/C11H16F3N3/c1-2-15-9-4-3-5-10(9)17-7-8(6-16-17)11(12,13)14/h6-7,9-10,15H,2-5H2,1H3. The third kappa shape index (κ3) is 2.62. The zero-order chi connectivity index (χ0) is 12.5. The number of halogens is 3. The van der Waals surface area contributed by atoms with Crippen LogP contribution in [-0.4, -0.2) is 22.4 Å². The van der Waals surface area contributed by atoms with Gasteiger partial charge >= 0.3 is 6.18 Å². The molecule has 1 aliphatic rings. The van der Waals surface area contributed by atoms with E-state index in [1.807, 2.05) is 6.92 Å². The molecule has 3 nitrogen and oxygen atoms in total. The first-order valence-electron chi connectivity index (χ1n) is 5.87. The second-order valence-electron chi connectivity index (χ2n) is 4.37. The fourth-order valence-corrected chi connectivity index (χ4v) is 2.42. The molecule has 1 saturated carbocycles. The largest absolute Gasteiger partial charge is 0.419 e. The number of alkyl halides is 3. The quantitative estimate of drug-likeness (QED) is 0.889. The van der Waals surface area contributed by atoms with Crippen LogP contribution >= 0.6 is 0 Å². The second-order valence-corrected chi connectivity index (χ2v) is 4.37. The summed E-state index contributed by atoms with van der Waals surface area (Å²) in [5.74, 6) is 0. The fourth-order valence-electron chi connectivity index (χ4n) is 2.42. The van der Waals surface area contributed by atoms with Gasteiger partial charge in [0, 0.05) is 12.2 Å². The van der Waals surface area contributed by atoms with Crippen LogP contribution in [0.3, 0.4) is 0 Å². The average Bonchev–Trinajstić information content (AvgIpc) is 2.82. The van der Waals surface area contributed by atoms with Crippen molar-refractivity contribution in [2.45, 2.75) is 44.4 Å². The van der Waals surface area contributed by atoms with Crippen LogP contribution in [0, 0.1) is 0 Å². The molecule has 2 rings (SSSR count). The maximum absolute atomic E-state index is 12.5. The molecule has 1 fully saturated rings. The number of rotatable bonds is 3. The molecule has 1 heterocycles. The lowest BCUT2D eigenvalue weighted by Crippen LogP contribution is -2.33. The molecule has 1 aromatic heterocycles. The van der Waals surface area contributed by atoms with Gasteiger partial charge in [0.05, 0.1) is 17.8 Å². The number of hydrogen-bond donors (Lipinski definition) is 1. The highest BCUT2D eigenvalue weighted by atomic mass is 19.4. The Labute approximate surface area is 98.0 Å². The molecule has 2 atom stereocenters. The van der Waals surface area contributed by atoms with E-state index >= 15 is 0 Å². The average molecular weight is 247 g/mol. The van der Waals surface area contributed by atoms with Gasteiger partial charge in [0.15, 0.2) is 0 Å². The van der Waals surface area contributed by atoms with Crippen molar-refractivity contribution in [3.8, 4) is 0 Å². The first-order valence-corrected chi connectivity index (χ1v) is 5.87. The lowest BCUT2D eigenvalue weighted by molar-refractivity contribution is -0.137. The monoisotopic (exact) mass is 247 g/mol. The zero-order valence-electron chi connectivity index (χ0n) is 9.67. The van der Waals surface area contributed by atoms with Crippen LogP contribution in [0.25, 0.3) is 0 Å². The smallest absolute Gasteiger partial charge is 0.312 e. The third-order valence-corrected chi connectivity index (χ3v) is 3.21. The van der Waals surface area contributed by atoms with Crippen molar-refractivity contribution in [1.29, 1.82) is 0 Å². The zero-order valence-corrected chi connectivity index (χ0v) is 9.67. The first kappa shape index (κ1) is 12.4. The van der Waals surface area contributed by atoms with Crippen LogP contribution in [0.5, 0.6) is 0 Å². The van der Waals surface area contributed by atoms with Gasteiger partial charge in [-0.05, 0) is 25.8 Å². The molecule has 0 aliphatic heterocycles. The van der Waals surface area contributed by atoms with Crippen molar-refractivity contribution < 1.29 is 13.2 Å². The number of likely N-dealkylation sites (N-methyl/N-ethyl adjacent to an activating group) is 1. The van der Waals surface area contributed by atoms with E-state index in [0.29, 0.717) is 0 Å². The van der Waals surface area contributed by atoms with Crippen LogP contribution in [-0.2, 0) is 6.18 Å². The summed E-state index contributed by atoms with van der Waals surface area (Å²) in [6.45, 7) is 2.83.